The van der Waals surface area contributed by atoms with E-state index in [1.807, 2.05) is 7.11 Å². The zero-order valence-corrected chi connectivity index (χ0v) is 24.3. The van der Waals surface area contributed by atoms with Gasteiger partial charge in [0, 0.05) is 0 Å². The summed E-state index contributed by atoms with van der Waals surface area (Å²) in [6, 6.07) is 0. The Morgan fingerprint density at radius 2 is 1.68 bits per heavy atom. The molecular weight excluding hydrogens is 647 g/mol. The number of hydrogen-bond acceptors (Lipinski definition) is 2. The van der Waals surface area contributed by atoms with Crippen molar-refractivity contribution in [1.29, 1.82) is 2.67 Å². The van der Waals surface area contributed by atoms with Gasteiger partial charge >= 0.3 is 183 Å². The molecule has 25 heavy (non-hydrogen) atoms. The predicted octanol–water partition coefficient (Wildman–Crippen LogP) is 7.01. The van der Waals surface area contributed by atoms with Crippen molar-refractivity contribution in [2.24, 2.45) is 10.8 Å². The molecule has 4 heteroatoms. The Morgan fingerprint density at radius 1 is 1.08 bits per heavy atom. The number of hydrogen-bond donors (Lipinski definition) is 1. The Kier molecular flexibility index (Phi) is 11.9. The second kappa shape index (κ2) is 11.3. The molecule has 0 amide bonds. The summed E-state index contributed by atoms with van der Waals surface area (Å²) in [5.41, 5.74) is 0.483. The van der Waals surface area contributed by atoms with E-state index in [0.29, 0.717) is 0 Å². The Labute approximate surface area is 181 Å². The fourth-order valence-electron chi connectivity index (χ4n) is 4.12. The van der Waals surface area contributed by atoms with Gasteiger partial charge in [-0.25, -0.2) is 0 Å². The third kappa shape index (κ3) is 6.68. The molecule has 0 aromatic rings. The average Bonchev–Trinajstić information content (AvgIpc) is 2.58. The molecule has 0 aliphatic heterocycles. The molecule has 0 radical (unpaired) electrons. The van der Waals surface area contributed by atoms with E-state index in [1.165, 1.54) is 32.1 Å². The summed E-state index contributed by atoms with van der Waals surface area (Å²) in [6.45, 7) is 16.6. The first kappa shape index (κ1) is 26.3. The first-order valence-corrected chi connectivity index (χ1v) is 16.8. The van der Waals surface area contributed by atoms with Crippen LogP contribution in [0.1, 0.15) is 93.4 Å². The molecule has 2 atom stereocenters. The normalized spacial score (nSPS) is 17.4. The van der Waals surface area contributed by atoms with E-state index in [-0.39, 0.29) is 40.6 Å². The molecule has 0 saturated carbocycles. The third-order valence-electron chi connectivity index (χ3n) is 6.47. The van der Waals surface area contributed by atoms with Crippen molar-refractivity contribution < 1.29 is 31.8 Å². The summed E-state index contributed by atoms with van der Waals surface area (Å²) >= 11 is -1.54. The molecular formula is C21H42INOU. The van der Waals surface area contributed by atoms with Crippen LogP contribution in [0.15, 0.2) is 0 Å². The number of ether oxygens (including phenoxy) is 1. The van der Waals surface area contributed by atoms with Crippen molar-refractivity contribution in [1.82, 2.24) is 0 Å². The Hall–Kier alpha value is 1.28. The molecule has 0 aliphatic carbocycles. The van der Waals surface area contributed by atoms with Crippen molar-refractivity contribution >= 4 is 28.3 Å². The molecule has 0 bridgehead atoms. The molecule has 0 spiro atoms. The van der Waals surface area contributed by atoms with Crippen molar-refractivity contribution in [2.45, 2.75) is 102 Å². The molecule has 0 fully saturated rings. The molecule has 0 aromatic heterocycles. The topological polar surface area (TPSA) is 33.1 Å². The second-order valence-electron chi connectivity index (χ2n) is 8.85. The van der Waals surface area contributed by atoms with Crippen molar-refractivity contribution in [2.75, 3.05) is 7.11 Å². The summed E-state index contributed by atoms with van der Waals surface area (Å²) in [5.74, 6) is 0. The monoisotopic (exact) mass is 689 g/mol. The minimum absolute atomic E-state index is 0.0715. The summed E-state index contributed by atoms with van der Waals surface area (Å²) < 4.78 is 20.9. The molecule has 1 N–H and O–H groups in total. The van der Waals surface area contributed by atoms with Gasteiger partial charge in [0.1, 0.15) is 0 Å². The van der Waals surface area contributed by atoms with E-state index in [4.69, 9.17) is 7.41 Å². The van der Waals surface area contributed by atoms with Gasteiger partial charge in [-0.2, -0.15) is 0 Å². The van der Waals surface area contributed by atoms with Crippen LogP contribution in [0.4, 0.5) is 0 Å². The second-order valence-corrected chi connectivity index (χ2v) is 14.4. The zero-order chi connectivity index (χ0) is 19.8. The van der Waals surface area contributed by atoms with Gasteiger partial charge in [0.2, 0.25) is 0 Å². The van der Waals surface area contributed by atoms with Gasteiger partial charge < -0.3 is 0 Å². The molecule has 2 nitrogen and oxygen atoms in total. The zero-order valence-electron chi connectivity index (χ0n) is 18.0. The van der Waals surface area contributed by atoms with Gasteiger partial charge in [0.15, 0.2) is 0 Å². The van der Waals surface area contributed by atoms with Crippen LogP contribution >= 0.6 is 20.7 Å². The summed E-state index contributed by atoms with van der Waals surface area (Å²) in [4.78, 5) is 0. The van der Waals surface area contributed by atoms with E-state index >= 15 is 0 Å². The van der Waals surface area contributed by atoms with Crippen LogP contribution in [0.25, 0.3) is 0 Å². The van der Waals surface area contributed by atoms with Crippen LogP contribution in [0, 0.1) is 40.6 Å². The average molecular weight is 690 g/mol. The molecule has 0 unspecified atom stereocenters. The van der Waals surface area contributed by atoms with Gasteiger partial charge in [-0.1, -0.05) is 0 Å². The number of rotatable bonds is 13. The number of nitrogens with one attached hydrogen (secondary N) is 1. The molecule has 0 heterocycles. The van der Waals surface area contributed by atoms with Gasteiger partial charge in [-0.05, 0) is 0 Å². The van der Waals surface area contributed by atoms with Crippen LogP contribution < -0.4 is 0 Å². The van der Waals surface area contributed by atoms with Gasteiger partial charge in [0.05, 0.1) is 0 Å². The first-order chi connectivity index (χ1) is 11.5. The Balaban J connectivity index is 6.12. The summed E-state index contributed by atoms with van der Waals surface area (Å²) in [5, 5.41) is 0. The maximum atomic E-state index is 7.84. The van der Waals surface area contributed by atoms with E-state index in [9.17, 15) is 0 Å². The molecule has 0 saturated heterocycles. The van der Waals surface area contributed by atoms with Crippen LogP contribution in [0.5, 0.6) is 0 Å². The fourth-order valence-corrected chi connectivity index (χ4v) is 9.90. The molecule has 0 rings (SSSR count). The first-order valence-electron chi connectivity index (χ1n) is 9.70. The van der Waals surface area contributed by atoms with Crippen LogP contribution in [0.3, 0.4) is 0 Å². The number of unbranched alkanes of at least 4 members (excludes halogenated alkanes) is 1. The number of alkyl halides is 1. The third-order valence-corrected chi connectivity index (χ3v) is 12.8. The van der Waals surface area contributed by atoms with E-state index < -0.39 is 27.1 Å². The summed E-state index contributed by atoms with van der Waals surface area (Å²) in [6.07, 6.45) is 8.45. The maximum absolute atomic E-state index is 7.84. The fraction of sp³-hybridized carbons (Fsp3) is 0.905. The Morgan fingerprint density at radius 3 is 2.08 bits per heavy atom. The van der Waals surface area contributed by atoms with Gasteiger partial charge in [-0.3, -0.25) is 0 Å². The Bertz CT molecular complexity index is 471. The van der Waals surface area contributed by atoms with Crippen LogP contribution in [0.2, 0.25) is 0 Å². The van der Waals surface area contributed by atoms with Gasteiger partial charge in [-0.15, -0.1) is 0 Å². The predicted molar refractivity (Wildman–Crippen MR) is 119 cm³/mol. The van der Waals surface area contributed by atoms with Crippen molar-refractivity contribution in [3.8, 4) is 0 Å². The summed E-state index contributed by atoms with van der Waals surface area (Å²) in [7, 11) is 1.84. The van der Waals surface area contributed by atoms with Crippen LogP contribution in [-0.2, 0) is 4.74 Å². The molecule has 0 aliphatic rings. The van der Waals surface area contributed by atoms with E-state index in [0.717, 1.165) is 12.8 Å². The minimum atomic E-state index is -1.35. The van der Waals surface area contributed by atoms with Crippen molar-refractivity contribution in [3.05, 3.63) is 0 Å². The molecule has 148 valence electrons. The van der Waals surface area contributed by atoms with Crippen molar-refractivity contribution in [3.63, 3.8) is 0 Å². The van der Waals surface area contributed by atoms with E-state index in [1.54, 1.807) is 0 Å². The van der Waals surface area contributed by atoms with Crippen LogP contribution in [-0.4, -0.2) is 23.7 Å². The van der Waals surface area contributed by atoms with Gasteiger partial charge in [0.25, 0.3) is 0 Å². The van der Waals surface area contributed by atoms with E-state index in [2.05, 4.69) is 56.0 Å². The molecule has 0 aromatic carbocycles. The number of methoxy groups -OCH3 is 1. The number of halogens is 1. The quantitative estimate of drug-likeness (QED) is 0.164. The standard InChI is InChI=1S/C21H41IO.HN.U/c1-11-14-15-18(4,5)21(22-9,20(8,12-2)13-3)17-16-19(6,7)23-10;;/h2H,9,11-17H2,1,3-8,10H3;1H;/t20-,21+;;/m0../s1. The SMILES string of the molecule is C=I[C@](CCC(C)(C)OC)(C(C)(C)CCCC)[C@](C)(CC)C[CH]=[U]=[NH].